The number of halogens is 4. The van der Waals surface area contributed by atoms with Crippen molar-refractivity contribution < 1.29 is 48.0 Å². The summed E-state index contributed by atoms with van der Waals surface area (Å²) in [6.45, 7) is 0. The Kier molecular flexibility index (Phi) is 8.21. The minimum Gasteiger partial charge on any atom is -1.00 e. The molecule has 0 bridgehead atoms. The van der Waals surface area contributed by atoms with Crippen LogP contribution < -0.4 is 28.3 Å². The first-order valence-corrected chi connectivity index (χ1v) is 8.04. The minimum absolute atomic E-state index is 0. The number of hydrogen-bond acceptors (Lipinski definition) is 0. The summed E-state index contributed by atoms with van der Waals surface area (Å²) in [5, 5.41) is 2.78. The fraction of sp³-hybridized carbons (Fsp3) is 0. The molecule has 0 spiro atoms. The molecule has 0 saturated heterocycles. The molecule has 0 aliphatic carbocycles. The Bertz CT molecular complexity index is 654. The van der Waals surface area contributed by atoms with Crippen molar-refractivity contribution in [2.24, 2.45) is 0 Å². The van der Waals surface area contributed by atoms with Gasteiger partial charge < -0.3 is 12.4 Å². The number of benzene rings is 3. The predicted octanol–water partition coefficient (Wildman–Crippen LogP) is 0.864. The van der Waals surface area contributed by atoms with Gasteiger partial charge in [-0.1, -0.05) is 36.4 Å². The van der Waals surface area contributed by atoms with Gasteiger partial charge in [0.15, 0.2) is 0 Å². The first kappa shape index (κ1) is 21.0. The summed E-state index contributed by atoms with van der Waals surface area (Å²) in [6.07, 6.45) is 0. The largest absolute Gasteiger partial charge is 1.00 e. The smallest absolute Gasteiger partial charge is 1.00 e. The summed E-state index contributed by atoms with van der Waals surface area (Å²) in [4.78, 5) is 0. The van der Waals surface area contributed by atoms with Gasteiger partial charge in [0.2, 0.25) is 0 Å². The Labute approximate surface area is 161 Å². The summed E-state index contributed by atoms with van der Waals surface area (Å²) in [5.41, 5.74) is 0. The predicted molar refractivity (Wildman–Crippen MR) is 85.0 cm³/mol. The van der Waals surface area contributed by atoms with Crippen molar-refractivity contribution in [3.8, 4) is 0 Å². The summed E-state index contributed by atoms with van der Waals surface area (Å²) in [7, 11) is -0.983. The van der Waals surface area contributed by atoms with Crippen LogP contribution in [0.5, 0.6) is 0 Å². The van der Waals surface area contributed by atoms with Crippen molar-refractivity contribution in [3.05, 3.63) is 90.2 Å². The maximum Gasteiger partial charge on any atom is 1.00 e. The van der Waals surface area contributed by atoms with E-state index >= 15 is 0 Å². The van der Waals surface area contributed by atoms with E-state index in [9.17, 15) is 13.2 Å². The molecular weight excluding hydrogens is 537 g/mol. The molecule has 0 saturated carbocycles. The van der Waals surface area contributed by atoms with Gasteiger partial charge in [0.1, 0.15) is 17.5 Å². The monoisotopic (exact) mass is 548 g/mol. The molecule has 0 aliphatic rings. The molecule has 6 heteroatoms. The molecule has 0 radical (unpaired) electrons. The molecule has 0 aromatic heterocycles. The first-order chi connectivity index (χ1) is 10.6. The van der Waals surface area contributed by atoms with E-state index in [4.69, 9.17) is 0 Å². The molecule has 0 atom stereocenters. The van der Waals surface area contributed by atoms with Gasteiger partial charge in [-0.2, -0.15) is 0 Å². The van der Waals surface area contributed by atoms with Crippen molar-refractivity contribution in [1.29, 1.82) is 0 Å². The van der Waals surface area contributed by atoms with Gasteiger partial charge in [0.25, 0.3) is 0 Å². The van der Waals surface area contributed by atoms with Crippen LogP contribution in [0.25, 0.3) is 0 Å². The molecule has 0 heterocycles. The second kappa shape index (κ2) is 9.41. The third kappa shape index (κ3) is 4.95. The van der Waals surface area contributed by atoms with Gasteiger partial charge in [0.05, 0.1) is 0 Å². The van der Waals surface area contributed by atoms with Crippen LogP contribution >= 0.6 is 7.92 Å². The summed E-state index contributed by atoms with van der Waals surface area (Å²) >= 11 is 0. The van der Waals surface area contributed by atoms with Crippen LogP contribution in [0.15, 0.2) is 72.8 Å². The van der Waals surface area contributed by atoms with Crippen molar-refractivity contribution in [1.82, 2.24) is 0 Å². The second-order valence-electron chi connectivity index (χ2n) is 4.76. The van der Waals surface area contributed by atoms with E-state index in [1.54, 1.807) is 36.4 Å². The molecule has 0 nitrogen and oxygen atoms in total. The maximum absolute atomic E-state index is 13.2. The van der Waals surface area contributed by atoms with E-state index in [0.717, 1.165) is 15.9 Å². The second-order valence-corrected chi connectivity index (χ2v) is 6.98. The average molecular weight is 549 g/mol. The molecule has 0 N–H and O–H groups in total. The summed E-state index contributed by atoms with van der Waals surface area (Å²) in [6, 6.07) is 18.7. The van der Waals surface area contributed by atoms with Crippen LogP contribution in [0.2, 0.25) is 0 Å². The molecular formula is C18H12AuClF3P. The van der Waals surface area contributed by atoms with E-state index in [-0.39, 0.29) is 52.2 Å². The zero-order valence-corrected chi connectivity index (χ0v) is 16.0. The third-order valence-electron chi connectivity index (χ3n) is 3.25. The van der Waals surface area contributed by atoms with Crippen LogP contribution in [0.1, 0.15) is 0 Å². The van der Waals surface area contributed by atoms with Crippen LogP contribution in [-0.4, -0.2) is 0 Å². The van der Waals surface area contributed by atoms with Crippen LogP contribution in [0.4, 0.5) is 13.2 Å². The average Bonchev–Trinajstić information content (AvgIpc) is 2.53. The summed E-state index contributed by atoms with van der Waals surface area (Å²) < 4.78 is 39.5. The van der Waals surface area contributed by atoms with Crippen molar-refractivity contribution in [2.75, 3.05) is 0 Å². The Morgan fingerprint density at radius 3 is 0.875 bits per heavy atom. The van der Waals surface area contributed by atoms with Gasteiger partial charge in [-0.25, -0.2) is 13.2 Å². The van der Waals surface area contributed by atoms with E-state index in [1.807, 2.05) is 0 Å². The molecule has 128 valence electrons. The molecule has 0 unspecified atom stereocenters. The number of hydrogen-bond donors (Lipinski definition) is 0. The molecule has 0 amide bonds. The number of rotatable bonds is 3. The van der Waals surface area contributed by atoms with E-state index in [2.05, 4.69) is 0 Å². The summed E-state index contributed by atoms with van der Waals surface area (Å²) in [5.74, 6) is -0.925. The van der Waals surface area contributed by atoms with Gasteiger partial charge in [0, 0.05) is 0 Å². The third-order valence-corrected chi connectivity index (χ3v) is 5.70. The van der Waals surface area contributed by atoms with E-state index < -0.39 is 7.92 Å². The Hall–Kier alpha value is -1.09. The van der Waals surface area contributed by atoms with Crippen molar-refractivity contribution in [3.63, 3.8) is 0 Å². The molecule has 3 aromatic carbocycles. The van der Waals surface area contributed by atoms with Gasteiger partial charge >= 0.3 is 22.4 Å². The van der Waals surface area contributed by atoms with Crippen LogP contribution in [0, 0.1) is 17.5 Å². The Balaban J connectivity index is 0.00000144. The Morgan fingerprint density at radius 1 is 0.458 bits per heavy atom. The van der Waals surface area contributed by atoms with Crippen LogP contribution in [0.3, 0.4) is 0 Å². The maximum atomic E-state index is 13.2. The quantitative estimate of drug-likeness (QED) is 0.337. The van der Waals surface area contributed by atoms with Gasteiger partial charge in [-0.15, -0.1) is 0 Å². The normalized spacial score (nSPS) is 10.0. The van der Waals surface area contributed by atoms with Crippen molar-refractivity contribution >= 4 is 23.8 Å². The molecule has 3 aromatic rings. The van der Waals surface area contributed by atoms with Gasteiger partial charge in [-0.05, 0) is 60.2 Å². The fourth-order valence-electron chi connectivity index (χ4n) is 2.22. The topological polar surface area (TPSA) is 0 Å². The standard InChI is InChI=1S/C18H12F3P.Au.ClH/c19-13-1-7-16(8-2-13)22(17-9-3-14(20)4-10-17)18-11-5-15(21)6-12-18;;/h1-12H;;1H/q;+1;/p-1. The van der Waals surface area contributed by atoms with Crippen molar-refractivity contribution in [2.45, 2.75) is 0 Å². The van der Waals surface area contributed by atoms with Gasteiger partial charge in [-0.3, -0.25) is 0 Å². The first-order valence-electron chi connectivity index (χ1n) is 6.70. The molecule has 0 fully saturated rings. The zero-order chi connectivity index (χ0) is 15.5. The van der Waals surface area contributed by atoms with E-state index in [0.29, 0.717) is 0 Å². The zero-order valence-electron chi connectivity index (χ0n) is 12.2. The Morgan fingerprint density at radius 2 is 0.667 bits per heavy atom. The van der Waals surface area contributed by atoms with E-state index in [1.165, 1.54) is 36.4 Å². The van der Waals surface area contributed by atoms with Crippen LogP contribution in [-0.2, 0) is 22.4 Å². The molecule has 3 rings (SSSR count). The molecule has 0 aliphatic heterocycles. The fourth-order valence-corrected chi connectivity index (χ4v) is 4.45. The SMILES string of the molecule is Fc1ccc(P(c2ccc(F)cc2)c2ccc(F)cc2)cc1.[Au+].[Cl-]. The minimum atomic E-state index is -0.983. The molecule has 24 heavy (non-hydrogen) atoms.